The molecule has 21 heavy (non-hydrogen) atoms. The van der Waals surface area contributed by atoms with E-state index in [-0.39, 0.29) is 29.5 Å². The number of carbonyl (C=O) groups excluding carboxylic acids is 1. The summed E-state index contributed by atoms with van der Waals surface area (Å²) >= 11 is 0. The van der Waals surface area contributed by atoms with E-state index in [4.69, 9.17) is 0 Å². The first-order chi connectivity index (χ1) is 10.1. The van der Waals surface area contributed by atoms with Crippen molar-refractivity contribution in [2.24, 2.45) is 0 Å². The first kappa shape index (κ1) is 13.7. The van der Waals surface area contributed by atoms with Crippen LogP contribution in [-0.2, 0) is 0 Å². The van der Waals surface area contributed by atoms with Crippen molar-refractivity contribution in [2.75, 3.05) is 13.1 Å². The fourth-order valence-electron chi connectivity index (χ4n) is 2.13. The SMILES string of the molecule is CC(NC(=O)c1cn(C2CNC2)nn1)c1ccc(F)cc1. The number of amides is 1. The van der Waals surface area contributed by atoms with E-state index in [2.05, 4.69) is 20.9 Å². The summed E-state index contributed by atoms with van der Waals surface area (Å²) in [6.45, 7) is 3.53. The van der Waals surface area contributed by atoms with Crippen LogP contribution in [0, 0.1) is 5.82 Å². The molecule has 0 saturated carbocycles. The number of nitrogens with zero attached hydrogens (tertiary/aromatic N) is 3. The minimum Gasteiger partial charge on any atom is -0.344 e. The molecule has 2 aromatic rings. The zero-order chi connectivity index (χ0) is 14.8. The minimum atomic E-state index is -0.297. The van der Waals surface area contributed by atoms with Crippen LogP contribution in [0.25, 0.3) is 0 Å². The van der Waals surface area contributed by atoms with Crippen molar-refractivity contribution in [3.8, 4) is 0 Å². The molecular weight excluding hydrogens is 273 g/mol. The van der Waals surface area contributed by atoms with Crippen LogP contribution in [0.5, 0.6) is 0 Å². The molecule has 0 radical (unpaired) electrons. The van der Waals surface area contributed by atoms with Gasteiger partial charge < -0.3 is 10.6 Å². The third-order valence-electron chi connectivity index (χ3n) is 3.59. The normalized spacial score (nSPS) is 16.3. The van der Waals surface area contributed by atoms with Gasteiger partial charge in [-0.2, -0.15) is 0 Å². The maximum atomic E-state index is 12.9. The van der Waals surface area contributed by atoms with E-state index < -0.39 is 0 Å². The monoisotopic (exact) mass is 289 g/mol. The van der Waals surface area contributed by atoms with Crippen molar-refractivity contribution in [1.82, 2.24) is 25.6 Å². The molecule has 1 aliphatic heterocycles. The van der Waals surface area contributed by atoms with Crippen molar-refractivity contribution in [3.63, 3.8) is 0 Å². The van der Waals surface area contributed by atoms with E-state index in [9.17, 15) is 9.18 Å². The second-order valence-electron chi connectivity index (χ2n) is 5.14. The molecule has 1 aromatic carbocycles. The second kappa shape index (κ2) is 5.61. The lowest BCUT2D eigenvalue weighted by Gasteiger charge is -2.26. The lowest BCUT2D eigenvalue weighted by molar-refractivity contribution is 0.0934. The summed E-state index contributed by atoms with van der Waals surface area (Å²) in [5.41, 5.74) is 1.12. The molecule has 3 rings (SSSR count). The van der Waals surface area contributed by atoms with Gasteiger partial charge in [0.25, 0.3) is 5.91 Å². The first-order valence-corrected chi connectivity index (χ1v) is 6.82. The molecule has 1 amide bonds. The Labute approximate surface area is 121 Å². The number of hydrogen-bond donors (Lipinski definition) is 2. The molecule has 110 valence electrons. The Hall–Kier alpha value is -2.28. The summed E-state index contributed by atoms with van der Waals surface area (Å²) < 4.78 is 14.6. The third-order valence-corrected chi connectivity index (χ3v) is 3.59. The van der Waals surface area contributed by atoms with Crippen molar-refractivity contribution in [2.45, 2.75) is 19.0 Å². The van der Waals surface area contributed by atoms with Gasteiger partial charge in [0.2, 0.25) is 0 Å². The molecule has 1 aliphatic rings. The average molecular weight is 289 g/mol. The van der Waals surface area contributed by atoms with E-state index in [1.54, 1.807) is 23.0 Å². The molecule has 1 fully saturated rings. The molecular formula is C14H16FN5O. The van der Waals surface area contributed by atoms with Crippen molar-refractivity contribution < 1.29 is 9.18 Å². The largest absolute Gasteiger partial charge is 0.344 e. The molecule has 2 N–H and O–H groups in total. The van der Waals surface area contributed by atoms with E-state index in [1.165, 1.54) is 12.1 Å². The summed E-state index contributed by atoms with van der Waals surface area (Å²) in [7, 11) is 0. The zero-order valence-electron chi connectivity index (χ0n) is 11.6. The van der Waals surface area contributed by atoms with Crippen molar-refractivity contribution >= 4 is 5.91 Å². The quantitative estimate of drug-likeness (QED) is 0.882. The average Bonchev–Trinajstić information content (AvgIpc) is 2.86. The van der Waals surface area contributed by atoms with Crippen molar-refractivity contribution in [1.29, 1.82) is 0 Å². The fourth-order valence-corrected chi connectivity index (χ4v) is 2.13. The number of rotatable bonds is 4. The Morgan fingerprint density at radius 3 is 2.76 bits per heavy atom. The summed E-state index contributed by atoms with van der Waals surface area (Å²) in [6, 6.07) is 6.09. The van der Waals surface area contributed by atoms with E-state index in [0.29, 0.717) is 0 Å². The Morgan fingerprint density at radius 1 is 1.43 bits per heavy atom. The van der Waals surface area contributed by atoms with Crippen LogP contribution in [0.4, 0.5) is 4.39 Å². The number of benzene rings is 1. The number of carbonyl (C=O) groups is 1. The van der Waals surface area contributed by atoms with E-state index >= 15 is 0 Å². The van der Waals surface area contributed by atoms with Gasteiger partial charge in [0.1, 0.15) is 5.82 Å². The van der Waals surface area contributed by atoms with Crippen LogP contribution in [0.2, 0.25) is 0 Å². The van der Waals surface area contributed by atoms with Gasteiger partial charge in [0, 0.05) is 13.1 Å². The molecule has 1 aromatic heterocycles. The zero-order valence-corrected chi connectivity index (χ0v) is 11.6. The predicted octanol–water partition coefficient (Wildman–Crippen LogP) is 1.05. The maximum absolute atomic E-state index is 12.9. The highest BCUT2D eigenvalue weighted by molar-refractivity contribution is 5.92. The first-order valence-electron chi connectivity index (χ1n) is 6.82. The second-order valence-corrected chi connectivity index (χ2v) is 5.14. The van der Waals surface area contributed by atoms with Gasteiger partial charge >= 0.3 is 0 Å². The molecule has 6 nitrogen and oxygen atoms in total. The van der Waals surface area contributed by atoms with Crippen LogP contribution < -0.4 is 10.6 Å². The van der Waals surface area contributed by atoms with Crippen molar-refractivity contribution in [3.05, 3.63) is 47.5 Å². The molecule has 0 aliphatic carbocycles. The van der Waals surface area contributed by atoms with E-state index in [0.717, 1.165) is 18.7 Å². The van der Waals surface area contributed by atoms with E-state index in [1.807, 2.05) is 6.92 Å². The number of hydrogen-bond acceptors (Lipinski definition) is 4. The van der Waals surface area contributed by atoms with Crippen LogP contribution in [0.1, 0.15) is 35.1 Å². The Kier molecular flexibility index (Phi) is 3.66. The van der Waals surface area contributed by atoms with Crippen LogP contribution in [-0.4, -0.2) is 34.0 Å². The van der Waals surface area contributed by atoms with Crippen LogP contribution in [0.3, 0.4) is 0 Å². The summed E-state index contributed by atoms with van der Waals surface area (Å²) in [6.07, 6.45) is 1.65. The Morgan fingerprint density at radius 2 is 2.14 bits per heavy atom. The van der Waals surface area contributed by atoms with Gasteiger partial charge in [-0.1, -0.05) is 17.3 Å². The topological polar surface area (TPSA) is 71.8 Å². The highest BCUT2D eigenvalue weighted by Crippen LogP contribution is 2.14. The third kappa shape index (κ3) is 2.92. The fraction of sp³-hybridized carbons (Fsp3) is 0.357. The molecule has 7 heteroatoms. The summed E-state index contributed by atoms with van der Waals surface area (Å²) in [5.74, 6) is -0.584. The molecule has 0 bridgehead atoms. The van der Waals surface area contributed by atoms with Crippen LogP contribution in [0.15, 0.2) is 30.5 Å². The lowest BCUT2D eigenvalue weighted by atomic mass is 10.1. The molecule has 1 atom stereocenters. The number of halogens is 1. The number of aromatic nitrogens is 3. The highest BCUT2D eigenvalue weighted by Gasteiger charge is 2.22. The molecule has 2 heterocycles. The lowest BCUT2D eigenvalue weighted by Crippen LogP contribution is -2.43. The predicted molar refractivity (Wildman–Crippen MR) is 74.2 cm³/mol. The summed E-state index contributed by atoms with van der Waals surface area (Å²) in [4.78, 5) is 12.1. The Bertz CT molecular complexity index is 635. The highest BCUT2D eigenvalue weighted by atomic mass is 19.1. The maximum Gasteiger partial charge on any atom is 0.273 e. The molecule has 1 saturated heterocycles. The van der Waals surface area contributed by atoms with Gasteiger partial charge in [-0.15, -0.1) is 5.10 Å². The summed E-state index contributed by atoms with van der Waals surface area (Å²) in [5, 5.41) is 13.8. The van der Waals surface area contributed by atoms with Gasteiger partial charge in [0.15, 0.2) is 5.69 Å². The van der Waals surface area contributed by atoms with Gasteiger partial charge in [-0.05, 0) is 24.6 Å². The molecule has 1 unspecified atom stereocenters. The minimum absolute atomic E-state index is 0.228. The Balaban J connectivity index is 1.65. The number of nitrogens with one attached hydrogen (secondary N) is 2. The molecule has 0 spiro atoms. The standard InChI is InChI=1S/C14H16FN5O/c1-9(10-2-4-11(15)5-3-10)17-14(21)13-8-20(19-18-13)12-6-16-7-12/h2-5,8-9,12,16H,6-7H2,1H3,(H,17,21). The van der Waals surface area contributed by atoms with Gasteiger partial charge in [0.05, 0.1) is 18.3 Å². The smallest absolute Gasteiger partial charge is 0.273 e. The van der Waals surface area contributed by atoms with Gasteiger partial charge in [-0.25, -0.2) is 9.07 Å². The van der Waals surface area contributed by atoms with Gasteiger partial charge in [-0.3, -0.25) is 4.79 Å². The van der Waals surface area contributed by atoms with Crippen LogP contribution >= 0.6 is 0 Å².